The predicted molar refractivity (Wildman–Crippen MR) is 65.6 cm³/mol. The van der Waals surface area contributed by atoms with Crippen molar-refractivity contribution in [2.45, 2.75) is 53.4 Å². The lowest BCUT2D eigenvalue weighted by molar-refractivity contribution is 0.459. The highest BCUT2D eigenvalue weighted by Gasteiger charge is 2.11. The molecule has 0 radical (unpaired) electrons. The van der Waals surface area contributed by atoms with Gasteiger partial charge in [-0.1, -0.05) is 32.8 Å². The Morgan fingerprint density at radius 1 is 1.07 bits per heavy atom. The highest BCUT2D eigenvalue weighted by molar-refractivity contribution is 5.49. The van der Waals surface area contributed by atoms with E-state index in [0.717, 1.165) is 36.8 Å². The zero-order chi connectivity index (χ0) is 11.4. The van der Waals surface area contributed by atoms with Crippen LogP contribution in [0, 0.1) is 13.8 Å². The van der Waals surface area contributed by atoms with Crippen LogP contribution < -0.4 is 0 Å². The summed E-state index contributed by atoms with van der Waals surface area (Å²) < 4.78 is 0. The molecule has 0 spiro atoms. The smallest absolute Gasteiger partial charge is 0.122 e. The summed E-state index contributed by atoms with van der Waals surface area (Å²) in [5.41, 5.74) is 4.83. The molecule has 15 heavy (non-hydrogen) atoms. The Morgan fingerprint density at radius 2 is 1.67 bits per heavy atom. The number of aryl methyl sites for hydroxylation is 2. The third-order valence-electron chi connectivity index (χ3n) is 3.04. The molecule has 0 bridgehead atoms. The van der Waals surface area contributed by atoms with Crippen LogP contribution in [0.3, 0.4) is 0 Å². The Bertz CT molecular complexity index is 340. The molecule has 0 aliphatic carbocycles. The largest absolute Gasteiger partial charge is 0.507 e. The van der Waals surface area contributed by atoms with Gasteiger partial charge in [0.15, 0.2) is 0 Å². The summed E-state index contributed by atoms with van der Waals surface area (Å²) in [5, 5.41) is 10.2. The first-order valence-electron chi connectivity index (χ1n) is 5.92. The highest BCUT2D eigenvalue weighted by Crippen LogP contribution is 2.30. The molecule has 0 aliphatic heterocycles. The molecule has 0 atom stereocenters. The van der Waals surface area contributed by atoms with Crippen LogP contribution in [-0.2, 0) is 12.8 Å². The second-order valence-corrected chi connectivity index (χ2v) is 4.30. The van der Waals surface area contributed by atoms with Gasteiger partial charge < -0.3 is 5.11 Å². The lowest BCUT2D eigenvalue weighted by Gasteiger charge is -2.14. The molecule has 1 aromatic rings. The number of benzene rings is 1. The molecule has 0 aliphatic rings. The zero-order valence-electron chi connectivity index (χ0n) is 10.4. The summed E-state index contributed by atoms with van der Waals surface area (Å²) in [6.45, 7) is 8.54. The average Bonchev–Trinajstić information content (AvgIpc) is 2.21. The van der Waals surface area contributed by atoms with Gasteiger partial charge in [-0.2, -0.15) is 0 Å². The number of hydrogen-bond donors (Lipinski definition) is 1. The molecule has 1 nitrogen and oxygen atoms in total. The minimum atomic E-state index is 0.543. The van der Waals surface area contributed by atoms with Crippen molar-refractivity contribution in [3.63, 3.8) is 0 Å². The molecule has 1 N–H and O–H groups in total. The summed E-state index contributed by atoms with van der Waals surface area (Å²) in [6, 6.07) is 2.13. The topological polar surface area (TPSA) is 20.2 Å². The van der Waals surface area contributed by atoms with Crippen LogP contribution in [0.15, 0.2) is 6.07 Å². The fraction of sp³-hybridized carbons (Fsp3) is 0.571. The van der Waals surface area contributed by atoms with E-state index >= 15 is 0 Å². The molecular weight excluding hydrogens is 184 g/mol. The first-order valence-corrected chi connectivity index (χ1v) is 5.92. The summed E-state index contributed by atoms with van der Waals surface area (Å²) >= 11 is 0. The van der Waals surface area contributed by atoms with Crippen LogP contribution >= 0.6 is 0 Å². The number of rotatable bonds is 4. The minimum Gasteiger partial charge on any atom is -0.507 e. The number of phenols is 1. The first-order chi connectivity index (χ1) is 7.11. The van der Waals surface area contributed by atoms with Gasteiger partial charge in [0.25, 0.3) is 0 Å². The van der Waals surface area contributed by atoms with Crippen LogP contribution in [0.25, 0.3) is 0 Å². The summed E-state index contributed by atoms with van der Waals surface area (Å²) in [6.07, 6.45) is 4.13. The normalized spacial score (nSPS) is 10.7. The van der Waals surface area contributed by atoms with Crippen LogP contribution in [0.1, 0.15) is 48.9 Å². The minimum absolute atomic E-state index is 0.543. The first kappa shape index (κ1) is 12.1. The molecule has 0 amide bonds. The van der Waals surface area contributed by atoms with E-state index in [9.17, 15) is 5.11 Å². The van der Waals surface area contributed by atoms with Gasteiger partial charge in [0.1, 0.15) is 5.75 Å². The van der Waals surface area contributed by atoms with Gasteiger partial charge in [-0.05, 0) is 48.9 Å². The van der Waals surface area contributed by atoms with Crippen molar-refractivity contribution in [2.75, 3.05) is 0 Å². The van der Waals surface area contributed by atoms with E-state index in [4.69, 9.17) is 0 Å². The molecular formula is C14H22O. The van der Waals surface area contributed by atoms with Gasteiger partial charge in [0.05, 0.1) is 0 Å². The number of aromatic hydroxyl groups is 1. The van der Waals surface area contributed by atoms with Crippen molar-refractivity contribution in [3.8, 4) is 5.75 Å². The van der Waals surface area contributed by atoms with Gasteiger partial charge >= 0.3 is 0 Å². The summed E-state index contributed by atoms with van der Waals surface area (Å²) in [7, 11) is 0. The number of hydrogen-bond acceptors (Lipinski definition) is 1. The monoisotopic (exact) mass is 206 g/mol. The van der Waals surface area contributed by atoms with E-state index in [1.54, 1.807) is 0 Å². The Labute approximate surface area is 93.1 Å². The molecule has 1 heteroatoms. The lowest BCUT2D eigenvalue weighted by Crippen LogP contribution is -1.97. The van der Waals surface area contributed by atoms with Gasteiger partial charge in [-0.3, -0.25) is 0 Å². The lowest BCUT2D eigenvalue weighted by atomic mass is 9.93. The molecule has 0 heterocycles. The molecule has 0 aromatic heterocycles. The Hall–Kier alpha value is -0.980. The Kier molecular flexibility index (Phi) is 4.19. The van der Waals surface area contributed by atoms with E-state index < -0.39 is 0 Å². The van der Waals surface area contributed by atoms with Gasteiger partial charge in [-0.15, -0.1) is 0 Å². The fourth-order valence-corrected chi connectivity index (χ4v) is 2.06. The maximum atomic E-state index is 10.2. The van der Waals surface area contributed by atoms with E-state index in [0.29, 0.717) is 5.75 Å². The van der Waals surface area contributed by atoms with Crippen molar-refractivity contribution < 1.29 is 5.11 Å². The molecule has 1 aromatic carbocycles. The van der Waals surface area contributed by atoms with Crippen molar-refractivity contribution in [3.05, 3.63) is 28.3 Å². The Balaban J connectivity index is 3.22. The third-order valence-corrected chi connectivity index (χ3v) is 3.04. The van der Waals surface area contributed by atoms with E-state index in [2.05, 4.69) is 33.8 Å². The SMILES string of the molecule is CCCc1cc(C)c(C)c(CCC)c1O. The van der Waals surface area contributed by atoms with Crippen molar-refractivity contribution in [1.82, 2.24) is 0 Å². The van der Waals surface area contributed by atoms with Crippen LogP contribution in [-0.4, -0.2) is 5.11 Å². The van der Waals surface area contributed by atoms with Gasteiger partial charge in [0, 0.05) is 0 Å². The average molecular weight is 206 g/mol. The molecule has 0 fully saturated rings. The fourth-order valence-electron chi connectivity index (χ4n) is 2.06. The Morgan fingerprint density at radius 3 is 2.20 bits per heavy atom. The van der Waals surface area contributed by atoms with Crippen LogP contribution in [0.5, 0.6) is 5.75 Å². The van der Waals surface area contributed by atoms with E-state index in [1.165, 1.54) is 11.1 Å². The van der Waals surface area contributed by atoms with Crippen molar-refractivity contribution in [1.29, 1.82) is 0 Å². The third kappa shape index (κ3) is 2.53. The maximum absolute atomic E-state index is 10.2. The predicted octanol–water partition coefficient (Wildman–Crippen LogP) is 3.91. The molecule has 0 saturated heterocycles. The standard InChI is InChI=1S/C14H22O/c1-5-7-12-9-10(3)11(4)13(8-6-2)14(12)15/h9,15H,5-8H2,1-4H3. The second kappa shape index (κ2) is 5.20. The van der Waals surface area contributed by atoms with Crippen LogP contribution in [0.2, 0.25) is 0 Å². The van der Waals surface area contributed by atoms with Crippen molar-refractivity contribution >= 4 is 0 Å². The van der Waals surface area contributed by atoms with E-state index in [1.807, 2.05) is 0 Å². The van der Waals surface area contributed by atoms with Crippen LogP contribution in [0.4, 0.5) is 0 Å². The van der Waals surface area contributed by atoms with Gasteiger partial charge in [0.2, 0.25) is 0 Å². The molecule has 1 rings (SSSR count). The summed E-state index contributed by atoms with van der Waals surface area (Å²) in [4.78, 5) is 0. The molecule has 84 valence electrons. The summed E-state index contributed by atoms with van der Waals surface area (Å²) in [5.74, 6) is 0.543. The van der Waals surface area contributed by atoms with E-state index in [-0.39, 0.29) is 0 Å². The maximum Gasteiger partial charge on any atom is 0.122 e. The van der Waals surface area contributed by atoms with Gasteiger partial charge in [-0.25, -0.2) is 0 Å². The number of phenolic OH excluding ortho intramolecular Hbond substituents is 1. The highest BCUT2D eigenvalue weighted by atomic mass is 16.3. The molecule has 0 unspecified atom stereocenters. The second-order valence-electron chi connectivity index (χ2n) is 4.30. The van der Waals surface area contributed by atoms with Crippen molar-refractivity contribution in [2.24, 2.45) is 0 Å². The molecule has 0 saturated carbocycles. The zero-order valence-corrected chi connectivity index (χ0v) is 10.4. The quantitative estimate of drug-likeness (QED) is 0.791.